The maximum absolute atomic E-state index is 12.9. The number of aromatic nitrogens is 1. The molecule has 2 aromatic carbocycles. The zero-order valence-electron chi connectivity index (χ0n) is 18.0. The van der Waals surface area contributed by atoms with E-state index >= 15 is 0 Å². The van der Waals surface area contributed by atoms with E-state index in [0.29, 0.717) is 23.0 Å². The molecule has 5 N–H and O–H groups in total. The van der Waals surface area contributed by atoms with Crippen LogP contribution in [0, 0.1) is 0 Å². The molecule has 1 atom stereocenters. The Labute approximate surface area is 188 Å². The molecule has 0 amide bonds. The highest BCUT2D eigenvalue weighted by Crippen LogP contribution is 2.34. The molecule has 1 aliphatic heterocycles. The molecular weight excluding hydrogens is 402 g/mol. The molecule has 0 spiro atoms. The van der Waals surface area contributed by atoms with Crippen LogP contribution < -0.4 is 11.5 Å². The zero-order valence-corrected chi connectivity index (χ0v) is 18.0. The van der Waals surface area contributed by atoms with Gasteiger partial charge in [0.2, 0.25) is 0 Å². The topological polar surface area (TPSA) is 111 Å². The maximum atomic E-state index is 12.9. The van der Waals surface area contributed by atoms with Gasteiger partial charge in [0.05, 0.1) is 6.61 Å². The van der Waals surface area contributed by atoms with E-state index in [1.807, 2.05) is 42.6 Å². The van der Waals surface area contributed by atoms with Gasteiger partial charge in [-0.1, -0.05) is 36.4 Å². The van der Waals surface area contributed by atoms with Gasteiger partial charge in [-0.2, -0.15) is 0 Å². The first-order valence-corrected chi connectivity index (χ1v) is 11.0. The van der Waals surface area contributed by atoms with E-state index in [1.54, 1.807) is 12.1 Å². The summed E-state index contributed by atoms with van der Waals surface area (Å²) in [5.41, 5.74) is 17.0. The van der Waals surface area contributed by atoms with E-state index in [4.69, 9.17) is 16.2 Å². The highest BCUT2D eigenvalue weighted by molar-refractivity contribution is 6.02. The molecule has 6 heteroatoms. The molecule has 1 saturated heterocycles. The van der Waals surface area contributed by atoms with Gasteiger partial charge >= 0.3 is 0 Å². The van der Waals surface area contributed by atoms with Crippen molar-refractivity contribution in [1.29, 1.82) is 0 Å². The molecule has 3 aromatic rings. The van der Waals surface area contributed by atoms with Crippen molar-refractivity contribution in [2.75, 3.05) is 31.3 Å². The number of aliphatic hydroxyl groups excluding tert-OH is 1. The molecule has 6 nitrogen and oxygen atoms in total. The predicted octanol–water partition coefficient (Wildman–Crippen LogP) is 4.16. The van der Waals surface area contributed by atoms with E-state index in [2.05, 4.69) is 11.1 Å². The first kappa shape index (κ1) is 22.0. The SMILES string of the molecule is Nc1cc(-c2cc(C3CCOCC3)cnc2N)ccc1C(=O)C[C@H](CO)c1ccccc1. The molecular formula is C26H29N3O3. The average molecular weight is 432 g/mol. The molecule has 32 heavy (non-hydrogen) atoms. The second-order valence-electron chi connectivity index (χ2n) is 8.31. The number of nitrogens with zero attached hydrogens (tertiary/aromatic N) is 1. The van der Waals surface area contributed by atoms with Crippen LogP contribution in [0.5, 0.6) is 0 Å². The van der Waals surface area contributed by atoms with E-state index in [-0.39, 0.29) is 24.7 Å². The number of ether oxygens (including phenoxy) is 1. The van der Waals surface area contributed by atoms with Crippen molar-refractivity contribution < 1.29 is 14.6 Å². The standard InChI is InChI=1S/C26H29N3O3/c27-24-13-19(23-12-20(15-29-26(23)28)18-8-10-32-11-9-18)6-7-22(24)25(31)14-21(16-30)17-4-2-1-3-5-17/h1-7,12-13,15,18,21,30H,8-11,14,16,27H2,(H2,28,29)/t21-/m1/s1. The Bertz CT molecular complexity index is 1080. The van der Waals surface area contributed by atoms with Crippen LogP contribution >= 0.6 is 0 Å². The number of anilines is 2. The number of nitrogens with two attached hydrogens (primary N) is 2. The maximum Gasteiger partial charge on any atom is 0.165 e. The molecule has 0 bridgehead atoms. The fraction of sp³-hybridized carbons (Fsp3) is 0.308. The van der Waals surface area contributed by atoms with Gasteiger partial charge in [0.1, 0.15) is 5.82 Å². The predicted molar refractivity (Wildman–Crippen MR) is 127 cm³/mol. The van der Waals surface area contributed by atoms with Crippen molar-refractivity contribution in [2.45, 2.75) is 31.1 Å². The Hall–Kier alpha value is -3.22. The van der Waals surface area contributed by atoms with Crippen molar-refractivity contribution >= 4 is 17.3 Å². The molecule has 0 saturated carbocycles. The average Bonchev–Trinajstić information content (AvgIpc) is 2.83. The molecule has 4 rings (SSSR count). The Balaban J connectivity index is 1.56. The van der Waals surface area contributed by atoms with Crippen LogP contribution in [0.25, 0.3) is 11.1 Å². The van der Waals surface area contributed by atoms with Crippen molar-refractivity contribution in [1.82, 2.24) is 4.98 Å². The highest BCUT2D eigenvalue weighted by Gasteiger charge is 2.20. The molecule has 0 aliphatic carbocycles. The normalized spacial score (nSPS) is 15.4. The second-order valence-corrected chi connectivity index (χ2v) is 8.31. The largest absolute Gasteiger partial charge is 0.398 e. The van der Waals surface area contributed by atoms with Crippen molar-refractivity contribution in [3.63, 3.8) is 0 Å². The molecule has 0 radical (unpaired) electrons. The van der Waals surface area contributed by atoms with E-state index in [9.17, 15) is 9.90 Å². The number of nitrogen functional groups attached to an aromatic ring is 2. The van der Waals surface area contributed by atoms with E-state index < -0.39 is 0 Å². The van der Waals surface area contributed by atoms with Gasteiger partial charge in [0, 0.05) is 48.6 Å². The molecule has 1 aromatic heterocycles. The van der Waals surface area contributed by atoms with Gasteiger partial charge in [-0.3, -0.25) is 4.79 Å². The summed E-state index contributed by atoms with van der Waals surface area (Å²) in [5.74, 6) is 0.476. The fourth-order valence-corrected chi connectivity index (χ4v) is 4.31. The summed E-state index contributed by atoms with van der Waals surface area (Å²) >= 11 is 0. The van der Waals surface area contributed by atoms with Gasteiger partial charge in [-0.05, 0) is 53.6 Å². The third kappa shape index (κ3) is 4.82. The number of carbonyl (C=O) groups is 1. The summed E-state index contributed by atoms with van der Waals surface area (Å²) in [6.45, 7) is 1.41. The van der Waals surface area contributed by atoms with Crippen LogP contribution in [0.1, 0.15) is 52.6 Å². The Kier molecular flexibility index (Phi) is 6.83. The monoisotopic (exact) mass is 431 g/mol. The number of hydrogen-bond acceptors (Lipinski definition) is 6. The minimum Gasteiger partial charge on any atom is -0.398 e. The number of carbonyl (C=O) groups excluding carboxylic acids is 1. The van der Waals surface area contributed by atoms with Gasteiger partial charge in [0.15, 0.2) is 5.78 Å². The van der Waals surface area contributed by atoms with Crippen LogP contribution in [0.4, 0.5) is 11.5 Å². The first-order chi connectivity index (χ1) is 15.6. The van der Waals surface area contributed by atoms with Crippen molar-refractivity contribution in [3.05, 3.63) is 77.5 Å². The highest BCUT2D eigenvalue weighted by atomic mass is 16.5. The van der Waals surface area contributed by atoms with Crippen molar-refractivity contribution in [3.8, 4) is 11.1 Å². The fourth-order valence-electron chi connectivity index (χ4n) is 4.31. The number of rotatable bonds is 7. The van der Waals surface area contributed by atoms with Crippen LogP contribution in [0.3, 0.4) is 0 Å². The lowest BCUT2D eigenvalue weighted by atomic mass is 9.89. The van der Waals surface area contributed by atoms with Crippen LogP contribution in [0.2, 0.25) is 0 Å². The lowest BCUT2D eigenvalue weighted by Gasteiger charge is -2.23. The Morgan fingerprint density at radius 1 is 1.09 bits per heavy atom. The lowest BCUT2D eigenvalue weighted by molar-refractivity contribution is 0.0853. The number of benzene rings is 2. The minimum atomic E-state index is -0.265. The van der Waals surface area contributed by atoms with Gasteiger partial charge in [0.25, 0.3) is 0 Å². The third-order valence-electron chi connectivity index (χ3n) is 6.22. The summed E-state index contributed by atoms with van der Waals surface area (Å²) in [6, 6.07) is 17.0. The summed E-state index contributed by atoms with van der Waals surface area (Å²) in [7, 11) is 0. The quantitative estimate of drug-likeness (QED) is 0.383. The molecule has 1 aliphatic rings. The van der Waals surface area contributed by atoms with Crippen LogP contribution in [0.15, 0.2) is 60.8 Å². The van der Waals surface area contributed by atoms with Crippen molar-refractivity contribution in [2.24, 2.45) is 0 Å². The summed E-state index contributed by atoms with van der Waals surface area (Å²) in [4.78, 5) is 17.3. The summed E-state index contributed by atoms with van der Waals surface area (Å²) < 4.78 is 5.47. The van der Waals surface area contributed by atoms with Gasteiger partial charge in [-0.15, -0.1) is 0 Å². The third-order valence-corrected chi connectivity index (χ3v) is 6.22. The van der Waals surface area contributed by atoms with E-state index in [1.165, 1.54) is 0 Å². The number of hydrogen-bond donors (Lipinski definition) is 3. The number of ketones is 1. The smallest absolute Gasteiger partial charge is 0.165 e. The van der Waals surface area contributed by atoms with Gasteiger partial charge < -0.3 is 21.3 Å². The summed E-state index contributed by atoms with van der Waals surface area (Å²) in [6.07, 6.45) is 3.96. The molecule has 1 fully saturated rings. The molecule has 2 heterocycles. The number of pyridine rings is 1. The lowest BCUT2D eigenvalue weighted by Crippen LogP contribution is -2.14. The van der Waals surface area contributed by atoms with Gasteiger partial charge in [-0.25, -0.2) is 4.98 Å². The number of aliphatic hydroxyl groups is 1. The summed E-state index contributed by atoms with van der Waals surface area (Å²) in [5, 5.41) is 9.79. The molecule has 166 valence electrons. The molecule has 0 unspecified atom stereocenters. The number of Topliss-reactive ketones (excluding diaryl/α,β-unsaturated/α-hetero) is 1. The minimum absolute atomic E-state index is 0.0981. The van der Waals surface area contributed by atoms with Crippen LogP contribution in [-0.2, 0) is 4.74 Å². The zero-order chi connectivity index (χ0) is 22.5. The van der Waals surface area contributed by atoms with E-state index in [0.717, 1.165) is 48.3 Å². The second kappa shape index (κ2) is 9.94. The first-order valence-electron chi connectivity index (χ1n) is 11.0. The van der Waals surface area contributed by atoms with Crippen LogP contribution in [-0.4, -0.2) is 35.7 Å². The Morgan fingerprint density at radius 2 is 1.84 bits per heavy atom. The Morgan fingerprint density at radius 3 is 2.53 bits per heavy atom.